The largest absolute Gasteiger partial charge is 0.341 e. The van der Waals surface area contributed by atoms with Crippen LogP contribution < -0.4 is 10.6 Å². The fraction of sp³-hybridized carbons (Fsp3) is 0.200. The predicted molar refractivity (Wildman–Crippen MR) is 61.6 cm³/mol. The third-order valence-electron chi connectivity index (χ3n) is 2.29. The molecule has 0 bridgehead atoms. The number of rotatable bonds is 1. The molecule has 0 spiro atoms. The topological polar surface area (TPSA) is 58.2 Å². The first-order valence-electron chi connectivity index (χ1n) is 4.56. The minimum atomic E-state index is -0.765. The summed E-state index contributed by atoms with van der Waals surface area (Å²) in [5.74, 6) is -0.635. The number of nitrogens with one attached hydrogen (secondary N) is 2. The highest BCUT2D eigenvalue weighted by Crippen LogP contribution is 2.40. The summed E-state index contributed by atoms with van der Waals surface area (Å²) in [7, 11) is 0. The third kappa shape index (κ3) is 1.74. The predicted octanol–water partition coefficient (Wildman–Crippen LogP) is 2.12. The quantitative estimate of drug-likeness (QED) is 0.811. The van der Waals surface area contributed by atoms with Crippen molar-refractivity contribution in [3.8, 4) is 0 Å². The maximum atomic E-state index is 11.6. The van der Waals surface area contributed by atoms with Crippen LogP contribution in [-0.4, -0.2) is 11.8 Å². The lowest BCUT2D eigenvalue weighted by atomic mass is 10.1. The van der Waals surface area contributed by atoms with Crippen molar-refractivity contribution in [1.82, 2.24) is 5.32 Å². The van der Waals surface area contributed by atoms with Gasteiger partial charge in [-0.3, -0.25) is 9.59 Å². The van der Waals surface area contributed by atoms with Crippen LogP contribution in [0.25, 0.3) is 0 Å². The fourth-order valence-corrected chi connectivity index (χ4v) is 2.12. The summed E-state index contributed by atoms with van der Waals surface area (Å²) in [4.78, 5) is 22.6. The summed E-state index contributed by atoms with van der Waals surface area (Å²) in [5, 5.41) is 5.92. The Balaban J connectivity index is 2.51. The summed E-state index contributed by atoms with van der Waals surface area (Å²) in [5.41, 5.74) is 0.993. The van der Waals surface area contributed by atoms with Gasteiger partial charge in [0.15, 0.2) is 0 Å². The molecule has 6 heteroatoms. The van der Waals surface area contributed by atoms with E-state index in [4.69, 9.17) is 23.2 Å². The molecule has 1 atom stereocenters. The maximum Gasteiger partial charge on any atom is 0.251 e. The van der Waals surface area contributed by atoms with E-state index in [1.807, 2.05) is 0 Å². The number of halogens is 2. The lowest BCUT2D eigenvalue weighted by Gasteiger charge is -2.10. The Kier molecular flexibility index (Phi) is 2.78. The minimum Gasteiger partial charge on any atom is -0.341 e. The Labute approximate surface area is 102 Å². The zero-order chi connectivity index (χ0) is 11.9. The van der Waals surface area contributed by atoms with E-state index in [0.717, 1.165) is 0 Å². The average molecular weight is 259 g/mol. The van der Waals surface area contributed by atoms with Gasteiger partial charge in [-0.15, -0.1) is 0 Å². The van der Waals surface area contributed by atoms with E-state index in [-0.39, 0.29) is 11.8 Å². The first kappa shape index (κ1) is 11.2. The highest BCUT2D eigenvalue weighted by atomic mass is 35.5. The smallest absolute Gasteiger partial charge is 0.251 e. The molecule has 0 aliphatic carbocycles. The van der Waals surface area contributed by atoms with E-state index in [9.17, 15) is 9.59 Å². The van der Waals surface area contributed by atoms with E-state index >= 15 is 0 Å². The molecule has 2 amide bonds. The van der Waals surface area contributed by atoms with E-state index in [1.54, 1.807) is 12.1 Å². The summed E-state index contributed by atoms with van der Waals surface area (Å²) < 4.78 is 0. The van der Waals surface area contributed by atoms with E-state index in [2.05, 4.69) is 10.6 Å². The Morgan fingerprint density at radius 2 is 2.00 bits per heavy atom. The number of amides is 2. The van der Waals surface area contributed by atoms with Gasteiger partial charge in [-0.1, -0.05) is 23.2 Å². The van der Waals surface area contributed by atoms with Gasteiger partial charge < -0.3 is 10.6 Å². The second kappa shape index (κ2) is 3.96. The molecule has 16 heavy (non-hydrogen) atoms. The Morgan fingerprint density at radius 1 is 1.38 bits per heavy atom. The van der Waals surface area contributed by atoms with E-state index < -0.39 is 6.04 Å². The van der Waals surface area contributed by atoms with Gasteiger partial charge in [0.25, 0.3) is 5.91 Å². The van der Waals surface area contributed by atoms with Gasteiger partial charge >= 0.3 is 0 Å². The minimum absolute atomic E-state index is 0.302. The van der Waals surface area contributed by atoms with Crippen LogP contribution in [0.5, 0.6) is 0 Å². The summed E-state index contributed by atoms with van der Waals surface area (Å²) >= 11 is 11.9. The molecular formula is C10H8Cl2N2O2. The highest BCUT2D eigenvalue weighted by molar-refractivity contribution is 6.37. The van der Waals surface area contributed by atoms with Crippen molar-refractivity contribution in [2.75, 3.05) is 5.32 Å². The van der Waals surface area contributed by atoms with Crippen LogP contribution >= 0.6 is 23.2 Å². The van der Waals surface area contributed by atoms with Gasteiger partial charge in [-0.05, 0) is 12.1 Å². The van der Waals surface area contributed by atoms with Crippen LogP contribution in [0.1, 0.15) is 18.5 Å². The van der Waals surface area contributed by atoms with Crippen LogP contribution in [0.2, 0.25) is 10.0 Å². The zero-order valence-electron chi connectivity index (χ0n) is 8.30. The molecule has 1 unspecified atom stereocenters. The molecular weight excluding hydrogens is 251 g/mol. The zero-order valence-corrected chi connectivity index (χ0v) is 9.82. The lowest BCUT2D eigenvalue weighted by molar-refractivity contribution is -0.124. The van der Waals surface area contributed by atoms with Crippen molar-refractivity contribution in [2.45, 2.75) is 13.0 Å². The van der Waals surface area contributed by atoms with Crippen LogP contribution in [-0.2, 0) is 9.59 Å². The van der Waals surface area contributed by atoms with Gasteiger partial charge in [0.2, 0.25) is 5.91 Å². The molecule has 1 heterocycles. The summed E-state index contributed by atoms with van der Waals surface area (Å²) in [6.45, 7) is 1.34. The van der Waals surface area contributed by atoms with Gasteiger partial charge in [0, 0.05) is 17.5 Å². The Bertz CT molecular complexity index is 488. The normalized spacial score (nSPS) is 17.9. The number of anilines is 1. The van der Waals surface area contributed by atoms with Crippen LogP contribution in [0.15, 0.2) is 12.1 Å². The number of carbonyl (C=O) groups excluding carboxylic acids is 2. The Morgan fingerprint density at radius 3 is 2.62 bits per heavy atom. The van der Waals surface area contributed by atoms with Crippen molar-refractivity contribution >= 4 is 40.7 Å². The van der Waals surface area contributed by atoms with E-state index in [0.29, 0.717) is 21.3 Å². The van der Waals surface area contributed by atoms with Crippen molar-refractivity contribution in [2.24, 2.45) is 0 Å². The second-order valence-corrected chi connectivity index (χ2v) is 4.26. The number of carbonyl (C=O) groups is 2. The average Bonchev–Trinajstić information content (AvgIpc) is 2.51. The number of benzene rings is 1. The van der Waals surface area contributed by atoms with Gasteiger partial charge in [0.1, 0.15) is 6.04 Å². The summed E-state index contributed by atoms with van der Waals surface area (Å²) in [6.07, 6.45) is 0. The van der Waals surface area contributed by atoms with Gasteiger partial charge in [0.05, 0.1) is 10.7 Å². The molecule has 4 nitrogen and oxygen atoms in total. The van der Waals surface area contributed by atoms with Gasteiger partial charge in [-0.2, -0.15) is 0 Å². The van der Waals surface area contributed by atoms with Gasteiger partial charge in [-0.25, -0.2) is 0 Å². The SMILES string of the molecule is CC(=O)NC1C(=O)Nc2c(Cl)ccc(Cl)c21. The molecule has 1 aliphatic rings. The molecule has 1 aromatic rings. The molecule has 0 fully saturated rings. The summed E-state index contributed by atoms with van der Waals surface area (Å²) in [6, 6.07) is 2.43. The Hall–Kier alpha value is -1.26. The second-order valence-electron chi connectivity index (χ2n) is 3.44. The molecule has 2 N–H and O–H groups in total. The molecule has 84 valence electrons. The highest BCUT2D eigenvalue weighted by Gasteiger charge is 2.34. The molecule has 0 saturated heterocycles. The first-order chi connectivity index (χ1) is 7.50. The number of hydrogen-bond donors (Lipinski definition) is 2. The fourth-order valence-electron chi connectivity index (χ4n) is 1.64. The van der Waals surface area contributed by atoms with Crippen molar-refractivity contribution in [3.05, 3.63) is 27.7 Å². The number of fused-ring (bicyclic) bond motifs is 1. The molecule has 0 aromatic heterocycles. The molecule has 1 aromatic carbocycles. The first-order valence-corrected chi connectivity index (χ1v) is 5.32. The molecule has 0 radical (unpaired) electrons. The van der Waals surface area contributed by atoms with Crippen molar-refractivity contribution in [3.63, 3.8) is 0 Å². The monoisotopic (exact) mass is 258 g/mol. The van der Waals surface area contributed by atoms with E-state index in [1.165, 1.54) is 6.92 Å². The van der Waals surface area contributed by atoms with Crippen molar-refractivity contribution < 1.29 is 9.59 Å². The molecule has 2 rings (SSSR count). The lowest BCUT2D eigenvalue weighted by Crippen LogP contribution is -2.31. The molecule has 0 saturated carbocycles. The standard InChI is InChI=1S/C10H8Cl2N2O2/c1-4(15)13-9-7-5(11)2-3-6(12)8(7)14-10(9)16/h2-3,9H,1H3,(H,13,15)(H,14,16). The maximum absolute atomic E-state index is 11.6. The van der Waals surface area contributed by atoms with Crippen LogP contribution in [0.3, 0.4) is 0 Å². The van der Waals surface area contributed by atoms with Crippen LogP contribution in [0, 0.1) is 0 Å². The molecule has 1 aliphatic heterocycles. The number of hydrogen-bond acceptors (Lipinski definition) is 2. The van der Waals surface area contributed by atoms with Crippen molar-refractivity contribution in [1.29, 1.82) is 0 Å². The third-order valence-corrected chi connectivity index (χ3v) is 2.93. The van der Waals surface area contributed by atoms with Crippen LogP contribution in [0.4, 0.5) is 5.69 Å².